The van der Waals surface area contributed by atoms with Gasteiger partial charge in [-0.25, -0.2) is 8.42 Å². The summed E-state index contributed by atoms with van der Waals surface area (Å²) in [4.78, 5) is 66.6. The second-order valence-electron chi connectivity index (χ2n) is 17.8. The van der Waals surface area contributed by atoms with Crippen LogP contribution in [-0.4, -0.2) is 117 Å². The molecule has 0 radical (unpaired) electrons. The van der Waals surface area contributed by atoms with Crippen LogP contribution in [0, 0.1) is 30.6 Å². The lowest BCUT2D eigenvalue weighted by Crippen LogP contribution is -2.46. The number of benzene rings is 3. The fourth-order valence-corrected chi connectivity index (χ4v) is 9.55. The highest BCUT2D eigenvalue weighted by molar-refractivity contribution is 9.10. The minimum atomic E-state index is -3.50. The summed E-state index contributed by atoms with van der Waals surface area (Å²) in [6, 6.07) is 25.6. The summed E-state index contributed by atoms with van der Waals surface area (Å²) in [5.74, 6) is -2.24. The molecule has 7 rings (SSSR count). The average Bonchev–Trinajstić information content (AvgIpc) is 4.14. The summed E-state index contributed by atoms with van der Waals surface area (Å²) in [6.45, 7) is 11.0. The number of carbonyl (C=O) groups is 4. The summed E-state index contributed by atoms with van der Waals surface area (Å²) in [7, 11) is -0.850. The van der Waals surface area contributed by atoms with E-state index in [0.717, 1.165) is 50.4 Å². The molecule has 3 aromatic rings. The first-order valence-corrected chi connectivity index (χ1v) is 24.9. The topological polar surface area (TPSA) is 159 Å². The van der Waals surface area contributed by atoms with E-state index in [9.17, 15) is 27.6 Å². The van der Waals surface area contributed by atoms with Crippen LogP contribution in [0.25, 0.3) is 11.4 Å². The summed E-state index contributed by atoms with van der Waals surface area (Å²) in [6.07, 6.45) is 6.53. The van der Waals surface area contributed by atoms with Crippen molar-refractivity contribution >= 4 is 78.2 Å². The normalized spacial score (nSPS) is 19.2. The molecule has 14 nitrogen and oxygen atoms in total. The van der Waals surface area contributed by atoms with Crippen molar-refractivity contribution in [3.63, 3.8) is 0 Å². The van der Waals surface area contributed by atoms with Crippen LogP contribution in [0.2, 0.25) is 0 Å². The molecule has 0 aromatic heterocycles. The molecule has 360 valence electrons. The van der Waals surface area contributed by atoms with Crippen molar-refractivity contribution in [3.05, 3.63) is 112 Å². The van der Waals surface area contributed by atoms with Crippen LogP contribution in [-0.2, 0) is 38.7 Å². The third-order valence-corrected chi connectivity index (χ3v) is 14.3. The predicted octanol–water partition coefficient (Wildman–Crippen LogP) is 8.23. The number of hydrogen-bond donors (Lipinski definition) is 0. The van der Waals surface area contributed by atoms with E-state index in [1.165, 1.54) is 24.1 Å². The largest absolute Gasteiger partial charge is 0.469 e. The maximum atomic E-state index is 13.8. The monoisotopic (exact) mass is 1000 g/mol. The quantitative estimate of drug-likeness (QED) is 0.145. The maximum Gasteiger partial charge on any atom is 0.306 e. The van der Waals surface area contributed by atoms with Gasteiger partial charge >= 0.3 is 11.9 Å². The number of carbonyl (C=O) groups excluding carboxylic acids is 4. The Balaban J connectivity index is 0.000000248. The van der Waals surface area contributed by atoms with Gasteiger partial charge in [-0.05, 0) is 54.2 Å². The Labute approximate surface area is 405 Å². The molecule has 0 aliphatic carbocycles. The molecule has 4 aliphatic heterocycles. The summed E-state index contributed by atoms with van der Waals surface area (Å²) in [5.41, 5.74) is 7.80. The van der Waals surface area contributed by atoms with Crippen molar-refractivity contribution in [1.82, 2.24) is 14.1 Å². The van der Waals surface area contributed by atoms with Crippen LogP contribution < -0.4 is 4.90 Å². The molecule has 2 fully saturated rings. The highest BCUT2D eigenvalue weighted by atomic mass is 79.9. The average molecular weight is 1000 g/mol. The second kappa shape index (κ2) is 23.0. The van der Waals surface area contributed by atoms with E-state index in [2.05, 4.69) is 70.2 Å². The van der Waals surface area contributed by atoms with Gasteiger partial charge in [0.2, 0.25) is 21.8 Å². The third-order valence-electron chi connectivity index (χ3n) is 12.6. The number of allylic oxidation sites excluding steroid dienone is 2. The number of methoxy groups -OCH3 is 2. The molecule has 67 heavy (non-hydrogen) atoms. The summed E-state index contributed by atoms with van der Waals surface area (Å²) in [5, 5.41) is 0. The number of ether oxygens (including phenoxy) is 2. The fourth-order valence-electron chi connectivity index (χ4n) is 8.54. The number of hydrogen-bond acceptors (Lipinski definition) is 11. The van der Waals surface area contributed by atoms with Gasteiger partial charge in [0.15, 0.2) is 0 Å². The Morgan fingerprint density at radius 3 is 1.58 bits per heavy atom. The zero-order valence-corrected chi connectivity index (χ0v) is 41.4. The van der Waals surface area contributed by atoms with Crippen LogP contribution in [0.1, 0.15) is 77.5 Å². The van der Waals surface area contributed by atoms with E-state index in [1.54, 1.807) is 4.90 Å². The van der Waals surface area contributed by atoms with Crippen LogP contribution in [0.3, 0.4) is 0 Å². The van der Waals surface area contributed by atoms with Crippen LogP contribution >= 0.6 is 15.9 Å². The minimum absolute atomic E-state index is 0. The molecule has 4 aliphatic rings. The first-order chi connectivity index (χ1) is 31.4. The Hall–Kier alpha value is -5.45. The Morgan fingerprint density at radius 1 is 0.687 bits per heavy atom. The second-order valence-corrected chi connectivity index (χ2v) is 20.7. The lowest BCUT2D eigenvalue weighted by molar-refractivity contribution is -0.148. The van der Waals surface area contributed by atoms with Gasteiger partial charge in [-0.3, -0.25) is 29.2 Å². The van der Waals surface area contributed by atoms with Crippen molar-refractivity contribution in [2.75, 3.05) is 51.8 Å². The molecule has 0 unspecified atom stereocenters. The molecule has 4 heterocycles. The molecular weight excluding hydrogens is 937 g/mol. The van der Waals surface area contributed by atoms with Gasteiger partial charge in [0.25, 0.3) is 0 Å². The first-order valence-electron chi connectivity index (χ1n) is 22.3. The van der Waals surface area contributed by atoms with Gasteiger partial charge in [-0.2, -0.15) is 4.31 Å². The Kier molecular flexibility index (Phi) is 18.1. The van der Waals surface area contributed by atoms with Gasteiger partial charge in [0.1, 0.15) is 0 Å². The molecule has 2 saturated heterocycles. The number of para-hydroxylation sites is 1. The van der Waals surface area contributed by atoms with E-state index < -0.39 is 33.9 Å². The highest BCUT2D eigenvalue weighted by Crippen LogP contribution is 2.33. The molecule has 0 saturated carbocycles. The number of sulfonamides is 1. The number of amides is 2. The van der Waals surface area contributed by atoms with Gasteiger partial charge in [-0.15, -0.1) is 0 Å². The number of esters is 2. The van der Waals surface area contributed by atoms with Crippen LogP contribution in [0.15, 0.2) is 105 Å². The van der Waals surface area contributed by atoms with Gasteiger partial charge in [0.05, 0.1) is 82.0 Å². The van der Waals surface area contributed by atoms with Crippen molar-refractivity contribution in [1.29, 1.82) is 0 Å². The number of anilines is 1. The van der Waals surface area contributed by atoms with Crippen molar-refractivity contribution in [2.45, 2.75) is 79.8 Å². The molecule has 0 spiro atoms. The van der Waals surface area contributed by atoms with Crippen molar-refractivity contribution in [3.8, 4) is 0 Å². The van der Waals surface area contributed by atoms with Crippen LogP contribution in [0.5, 0.6) is 0 Å². The minimum Gasteiger partial charge on any atom is -0.469 e. The van der Waals surface area contributed by atoms with Crippen molar-refractivity contribution in [2.24, 2.45) is 33.7 Å². The zero-order chi connectivity index (χ0) is 47.9. The molecule has 0 N–H and O–H groups in total. The fraction of sp³-hybridized carbons (Fsp3) is 0.451. The summed E-state index contributed by atoms with van der Waals surface area (Å²) < 4.78 is 36.4. The SMILES string of the molecule is C.COC(=O)C[C@H](C(=O)N1CN(S(C)(=O)=O)C[C@H]1C1=NC(c2ccc(Br)cc2)=CC1)C(C)C.COC(=O)C[C@H](C(=O)N1CN(c2ccccc2)C[C@H]1C1=NC(c2ccc(C)cc2)=CC1)C(C)C. The van der Waals surface area contributed by atoms with Gasteiger partial charge in [-0.1, -0.05) is 123 Å². The van der Waals surface area contributed by atoms with Gasteiger partial charge < -0.3 is 24.2 Å². The van der Waals surface area contributed by atoms with E-state index in [1.807, 2.05) is 81.1 Å². The first kappa shape index (κ1) is 52.5. The third kappa shape index (κ3) is 13.0. The predicted molar refractivity (Wildman–Crippen MR) is 268 cm³/mol. The highest BCUT2D eigenvalue weighted by Gasteiger charge is 2.44. The number of nitrogens with zero attached hydrogens (tertiary/aromatic N) is 6. The number of aliphatic imine (C=N–C) groups is 2. The molecule has 4 atom stereocenters. The smallest absolute Gasteiger partial charge is 0.306 e. The lowest BCUT2D eigenvalue weighted by Gasteiger charge is -2.29. The van der Waals surface area contributed by atoms with E-state index in [0.29, 0.717) is 26.1 Å². The molecule has 2 amide bonds. The van der Waals surface area contributed by atoms with E-state index >= 15 is 0 Å². The summed E-state index contributed by atoms with van der Waals surface area (Å²) >= 11 is 3.42. The molecule has 0 bridgehead atoms. The van der Waals surface area contributed by atoms with E-state index in [-0.39, 0.29) is 69.1 Å². The molecule has 3 aromatic carbocycles. The Morgan fingerprint density at radius 2 is 1.13 bits per heavy atom. The molecular formula is C51H65BrN6O8S. The number of rotatable bonds is 14. The number of halogens is 1. The van der Waals surface area contributed by atoms with E-state index in [4.69, 9.17) is 19.5 Å². The molecule has 16 heteroatoms. The van der Waals surface area contributed by atoms with Crippen molar-refractivity contribution < 1.29 is 37.1 Å². The van der Waals surface area contributed by atoms with Gasteiger partial charge in [0, 0.05) is 47.5 Å². The lowest BCUT2D eigenvalue weighted by atomic mass is 9.90. The Bertz CT molecular complexity index is 2490. The number of aryl methyl sites for hydroxylation is 1. The van der Waals surface area contributed by atoms with Crippen LogP contribution in [0.4, 0.5) is 5.69 Å². The zero-order valence-electron chi connectivity index (χ0n) is 39.0. The maximum absolute atomic E-state index is 13.8. The standard InChI is InChI=1S/C28H33N3O3.C22H28BrN3O5S.CH4/c1-19(2)23(16-27(32)34-4)28(33)31-18-30(22-8-6-5-7-9-22)17-26(31)25-15-14-24(29-25)21-12-10-20(3)11-13-21;1-14(2)17(11-21(27)31-3)22(28)26-13-25(32(4,29)30)12-20(26)19-10-9-18(24-19)15-5-7-16(23)8-6-15;/h5-14,19,23,26H,15-18H2,1-4H3;5-9,14,17,20H,10-13H2,1-4H3;1H4/t23-,26-;17-,20-;/m00./s1.